The normalized spacial score (nSPS) is 10.8. The maximum absolute atomic E-state index is 13.1. The molecule has 0 aliphatic rings. The Morgan fingerprint density at radius 3 is 2.65 bits per heavy atom. The second-order valence-electron chi connectivity index (χ2n) is 6.89. The van der Waals surface area contributed by atoms with Gasteiger partial charge in [-0.2, -0.15) is 4.80 Å². The van der Waals surface area contributed by atoms with Gasteiger partial charge < -0.3 is 4.74 Å². The number of esters is 1. The number of rotatable bonds is 10. The van der Waals surface area contributed by atoms with E-state index in [1.54, 1.807) is 18.7 Å². The van der Waals surface area contributed by atoms with Crippen LogP contribution in [0.4, 0.5) is 5.13 Å². The average Bonchev–Trinajstić information content (AvgIpc) is 3.38. The molecule has 0 aliphatic heterocycles. The van der Waals surface area contributed by atoms with E-state index in [1.165, 1.54) is 16.1 Å². The minimum atomic E-state index is -0.421. The lowest BCUT2D eigenvalue weighted by atomic mass is 10.2. The summed E-state index contributed by atoms with van der Waals surface area (Å²) in [5, 5.41) is 12.9. The van der Waals surface area contributed by atoms with Crippen molar-refractivity contribution < 1.29 is 14.3 Å². The Hall–Kier alpha value is -3.14. The van der Waals surface area contributed by atoms with E-state index in [0.29, 0.717) is 28.1 Å². The first-order valence-electron chi connectivity index (χ1n) is 10.3. The van der Waals surface area contributed by atoms with Crippen LogP contribution in [-0.4, -0.2) is 50.2 Å². The third kappa shape index (κ3) is 5.72. The topological polar surface area (TPSA) is 103 Å². The minimum Gasteiger partial charge on any atom is -0.462 e. The summed E-state index contributed by atoms with van der Waals surface area (Å²) in [5.74, 6) is -0.173. The van der Waals surface area contributed by atoms with Gasteiger partial charge in [0.05, 0.1) is 12.3 Å². The van der Waals surface area contributed by atoms with Crippen LogP contribution >= 0.6 is 11.3 Å². The number of hydrogen-bond acceptors (Lipinski definition) is 8. The fourth-order valence-corrected chi connectivity index (χ4v) is 3.95. The molecule has 9 nitrogen and oxygen atoms in total. The van der Waals surface area contributed by atoms with Crippen molar-refractivity contribution in [2.75, 3.05) is 18.1 Å². The minimum absolute atomic E-state index is 0.0701. The van der Waals surface area contributed by atoms with Crippen LogP contribution in [0, 0.1) is 6.92 Å². The molecule has 0 saturated carbocycles. The van der Waals surface area contributed by atoms with Crippen LogP contribution in [0.1, 0.15) is 48.5 Å². The van der Waals surface area contributed by atoms with Crippen molar-refractivity contribution in [2.24, 2.45) is 0 Å². The Bertz CT molecular complexity index is 1020. The largest absolute Gasteiger partial charge is 0.462 e. The number of carbonyl (C=O) groups is 2. The highest BCUT2D eigenvalue weighted by Crippen LogP contribution is 2.27. The molecule has 2 heterocycles. The lowest BCUT2D eigenvalue weighted by molar-refractivity contribution is -0.119. The van der Waals surface area contributed by atoms with Crippen molar-refractivity contribution >= 4 is 28.3 Å². The van der Waals surface area contributed by atoms with Crippen molar-refractivity contribution in [2.45, 2.75) is 46.6 Å². The van der Waals surface area contributed by atoms with Gasteiger partial charge in [-0.1, -0.05) is 61.4 Å². The Morgan fingerprint density at radius 2 is 1.94 bits per heavy atom. The highest BCUT2D eigenvalue weighted by atomic mass is 32.1. The number of anilines is 1. The van der Waals surface area contributed by atoms with E-state index in [0.717, 1.165) is 24.8 Å². The first kappa shape index (κ1) is 22.5. The van der Waals surface area contributed by atoms with E-state index in [2.05, 4.69) is 27.3 Å². The van der Waals surface area contributed by atoms with Crippen LogP contribution in [0.15, 0.2) is 30.3 Å². The third-order valence-electron chi connectivity index (χ3n) is 4.52. The summed E-state index contributed by atoms with van der Waals surface area (Å²) in [6, 6.07) is 9.46. The van der Waals surface area contributed by atoms with Gasteiger partial charge in [-0.3, -0.25) is 9.69 Å². The molecule has 164 valence electrons. The Morgan fingerprint density at radius 1 is 1.16 bits per heavy atom. The molecule has 0 spiro atoms. The van der Waals surface area contributed by atoms with Crippen LogP contribution in [0.2, 0.25) is 0 Å². The summed E-state index contributed by atoms with van der Waals surface area (Å²) in [6.45, 7) is 6.31. The number of thiazole rings is 1. The number of aryl methyl sites for hydroxylation is 1. The standard InChI is InChI=1S/C21H26N6O3S/c1-4-6-10-13-26(21-22-15(3)18(31-21)20(29)30-5-2)17(28)14-27-24-19(23-25-27)16-11-8-7-9-12-16/h7-9,11-12H,4-6,10,13-14H2,1-3H3. The van der Waals surface area contributed by atoms with Gasteiger partial charge in [-0.15, -0.1) is 10.2 Å². The van der Waals surface area contributed by atoms with E-state index in [-0.39, 0.29) is 19.1 Å². The molecule has 0 bridgehead atoms. The molecule has 3 rings (SSSR count). The van der Waals surface area contributed by atoms with E-state index >= 15 is 0 Å². The zero-order chi connectivity index (χ0) is 22.2. The molecule has 1 aromatic carbocycles. The van der Waals surface area contributed by atoms with Gasteiger partial charge in [0.25, 0.3) is 5.91 Å². The molecule has 0 N–H and O–H groups in total. The SMILES string of the molecule is CCCCCN(C(=O)Cn1nnc(-c2ccccc2)n1)c1nc(C)c(C(=O)OCC)s1. The average molecular weight is 443 g/mol. The van der Waals surface area contributed by atoms with Crippen LogP contribution in [0.25, 0.3) is 11.4 Å². The molecule has 0 radical (unpaired) electrons. The zero-order valence-electron chi connectivity index (χ0n) is 17.9. The number of amides is 1. The molecule has 0 aliphatic carbocycles. The Labute approximate surface area is 185 Å². The Balaban J connectivity index is 1.79. The molecular formula is C21H26N6O3S. The number of aromatic nitrogens is 5. The summed E-state index contributed by atoms with van der Waals surface area (Å²) in [5.41, 5.74) is 1.38. The van der Waals surface area contributed by atoms with Crippen LogP contribution < -0.4 is 4.90 Å². The van der Waals surface area contributed by atoms with E-state index in [9.17, 15) is 9.59 Å². The summed E-state index contributed by atoms with van der Waals surface area (Å²) >= 11 is 1.17. The van der Waals surface area contributed by atoms with E-state index in [1.807, 2.05) is 30.3 Å². The fourth-order valence-electron chi connectivity index (χ4n) is 2.95. The summed E-state index contributed by atoms with van der Waals surface area (Å²) in [6.07, 6.45) is 2.84. The van der Waals surface area contributed by atoms with Crippen molar-refractivity contribution in [3.63, 3.8) is 0 Å². The number of benzene rings is 1. The second kappa shape index (κ2) is 10.8. The second-order valence-corrected chi connectivity index (χ2v) is 7.87. The van der Waals surface area contributed by atoms with Crippen LogP contribution in [-0.2, 0) is 16.1 Å². The fraction of sp³-hybridized carbons (Fsp3) is 0.429. The quantitative estimate of drug-likeness (QED) is 0.350. The number of ether oxygens (including phenoxy) is 1. The van der Waals surface area contributed by atoms with Gasteiger partial charge in [0, 0.05) is 12.1 Å². The van der Waals surface area contributed by atoms with Gasteiger partial charge in [-0.05, 0) is 25.5 Å². The summed E-state index contributed by atoms with van der Waals surface area (Å²) < 4.78 is 5.10. The van der Waals surface area contributed by atoms with Gasteiger partial charge in [0.2, 0.25) is 5.82 Å². The highest BCUT2D eigenvalue weighted by molar-refractivity contribution is 7.17. The van der Waals surface area contributed by atoms with E-state index < -0.39 is 5.97 Å². The molecule has 31 heavy (non-hydrogen) atoms. The maximum Gasteiger partial charge on any atom is 0.350 e. The molecule has 0 saturated heterocycles. The van der Waals surface area contributed by atoms with E-state index in [4.69, 9.17) is 4.74 Å². The third-order valence-corrected chi connectivity index (χ3v) is 5.69. The number of tetrazole rings is 1. The first-order valence-corrected chi connectivity index (χ1v) is 11.1. The lowest BCUT2D eigenvalue weighted by Gasteiger charge is -2.19. The molecule has 3 aromatic rings. The first-order chi connectivity index (χ1) is 15.0. The van der Waals surface area contributed by atoms with Crippen molar-refractivity contribution in [1.29, 1.82) is 0 Å². The van der Waals surface area contributed by atoms with Crippen LogP contribution in [0.3, 0.4) is 0 Å². The van der Waals surface area contributed by atoms with Gasteiger partial charge in [0.1, 0.15) is 11.4 Å². The molecule has 1 amide bonds. The van der Waals surface area contributed by atoms with Crippen LogP contribution in [0.5, 0.6) is 0 Å². The number of carbonyl (C=O) groups excluding carboxylic acids is 2. The highest BCUT2D eigenvalue weighted by Gasteiger charge is 2.24. The van der Waals surface area contributed by atoms with Crippen molar-refractivity contribution in [3.8, 4) is 11.4 Å². The number of unbranched alkanes of at least 4 members (excludes halogenated alkanes) is 2. The predicted octanol–water partition coefficient (Wildman–Crippen LogP) is 3.51. The maximum atomic E-state index is 13.1. The number of hydrogen-bond donors (Lipinski definition) is 0. The molecule has 0 unspecified atom stereocenters. The monoisotopic (exact) mass is 442 g/mol. The predicted molar refractivity (Wildman–Crippen MR) is 118 cm³/mol. The summed E-state index contributed by atoms with van der Waals surface area (Å²) in [4.78, 5) is 33.0. The van der Waals surface area contributed by atoms with Crippen molar-refractivity contribution in [1.82, 2.24) is 25.2 Å². The Kier molecular flexibility index (Phi) is 7.82. The zero-order valence-corrected chi connectivity index (χ0v) is 18.8. The van der Waals surface area contributed by atoms with Crippen molar-refractivity contribution in [3.05, 3.63) is 40.9 Å². The van der Waals surface area contributed by atoms with Gasteiger partial charge >= 0.3 is 5.97 Å². The molecule has 0 fully saturated rings. The van der Waals surface area contributed by atoms with Gasteiger partial charge in [0.15, 0.2) is 5.13 Å². The smallest absolute Gasteiger partial charge is 0.350 e. The van der Waals surface area contributed by atoms with Gasteiger partial charge in [-0.25, -0.2) is 9.78 Å². The molecule has 10 heteroatoms. The molecule has 0 atom stereocenters. The molecule has 2 aromatic heterocycles. The lowest BCUT2D eigenvalue weighted by Crippen LogP contribution is -2.35. The summed E-state index contributed by atoms with van der Waals surface area (Å²) in [7, 11) is 0. The number of nitrogens with zero attached hydrogens (tertiary/aromatic N) is 6. The molecular weight excluding hydrogens is 416 g/mol.